The number of nitrogens with zero attached hydrogens (tertiary/aromatic N) is 2. The van der Waals surface area contributed by atoms with Gasteiger partial charge in [-0.3, -0.25) is 9.20 Å². The van der Waals surface area contributed by atoms with Crippen LogP contribution in [0.15, 0.2) is 11.6 Å². The lowest BCUT2D eigenvalue weighted by molar-refractivity contribution is -0.142. The summed E-state index contributed by atoms with van der Waals surface area (Å²) in [5.74, 6) is -0.193. The third-order valence-corrected chi connectivity index (χ3v) is 3.55. The first kappa shape index (κ1) is 10.9. The van der Waals surface area contributed by atoms with Gasteiger partial charge in [0.1, 0.15) is 3.70 Å². The van der Waals surface area contributed by atoms with E-state index in [9.17, 15) is 4.79 Å². The van der Waals surface area contributed by atoms with Gasteiger partial charge in [0.25, 0.3) is 0 Å². The first-order chi connectivity index (χ1) is 7.22. The number of fused-ring (bicyclic) bond motifs is 1. The third kappa shape index (κ3) is 2.15. The second-order valence-electron chi connectivity index (χ2n) is 2.91. The van der Waals surface area contributed by atoms with Crippen LogP contribution in [0.3, 0.4) is 0 Å². The highest BCUT2D eigenvalue weighted by Gasteiger charge is 2.12. The van der Waals surface area contributed by atoms with Crippen LogP contribution in [-0.2, 0) is 16.0 Å². The topological polar surface area (TPSA) is 43.6 Å². The Hall–Kier alpha value is -0.630. The highest BCUT2D eigenvalue weighted by Crippen LogP contribution is 2.19. The Morgan fingerprint density at radius 2 is 2.53 bits per heavy atom. The van der Waals surface area contributed by atoms with Crippen molar-refractivity contribution < 1.29 is 9.53 Å². The largest absolute Gasteiger partial charge is 0.466 e. The first-order valence-electron chi connectivity index (χ1n) is 4.47. The molecule has 4 nitrogen and oxygen atoms in total. The molecule has 0 N–H and O–H groups in total. The number of thiazole rings is 1. The van der Waals surface area contributed by atoms with Crippen LogP contribution < -0.4 is 0 Å². The van der Waals surface area contributed by atoms with E-state index in [0.29, 0.717) is 13.0 Å². The maximum Gasteiger partial charge on any atom is 0.311 e. The monoisotopic (exact) mass is 336 g/mol. The first-order valence-corrected chi connectivity index (χ1v) is 6.43. The molecule has 0 spiro atoms. The smallest absolute Gasteiger partial charge is 0.311 e. The number of halogens is 1. The van der Waals surface area contributed by atoms with Gasteiger partial charge in [-0.15, -0.1) is 11.3 Å². The summed E-state index contributed by atoms with van der Waals surface area (Å²) in [6.45, 7) is 2.23. The van der Waals surface area contributed by atoms with Crippen molar-refractivity contribution in [2.45, 2.75) is 13.3 Å². The molecule has 0 amide bonds. The Morgan fingerprint density at radius 3 is 3.27 bits per heavy atom. The minimum Gasteiger partial charge on any atom is -0.466 e. The number of ether oxygens (including phenoxy) is 1. The normalized spacial score (nSPS) is 10.8. The van der Waals surface area contributed by atoms with Crippen molar-refractivity contribution in [1.82, 2.24) is 9.38 Å². The number of carbonyl (C=O) groups excluding carboxylic acids is 1. The average Bonchev–Trinajstić information content (AvgIpc) is 2.72. The van der Waals surface area contributed by atoms with Gasteiger partial charge in [-0.1, -0.05) is 0 Å². The lowest BCUT2D eigenvalue weighted by Gasteiger charge is -2.00. The van der Waals surface area contributed by atoms with Crippen LogP contribution in [0.25, 0.3) is 4.96 Å². The summed E-state index contributed by atoms with van der Waals surface area (Å²) >= 11 is 3.73. The molecule has 0 aliphatic rings. The molecule has 0 unspecified atom stereocenters. The van der Waals surface area contributed by atoms with Crippen LogP contribution in [0, 0.1) is 3.70 Å². The highest BCUT2D eigenvalue weighted by atomic mass is 127. The number of imidazole rings is 1. The molecule has 0 bridgehead atoms. The summed E-state index contributed by atoms with van der Waals surface area (Å²) in [4.78, 5) is 16.5. The molecule has 2 rings (SSSR count). The van der Waals surface area contributed by atoms with Crippen molar-refractivity contribution in [3.05, 3.63) is 21.0 Å². The lowest BCUT2D eigenvalue weighted by Crippen LogP contribution is -2.09. The van der Waals surface area contributed by atoms with E-state index in [1.54, 1.807) is 6.20 Å². The Balaban J connectivity index is 2.27. The van der Waals surface area contributed by atoms with Crippen molar-refractivity contribution >= 4 is 44.9 Å². The quantitative estimate of drug-likeness (QED) is 0.637. The van der Waals surface area contributed by atoms with Gasteiger partial charge in [0.05, 0.1) is 19.2 Å². The number of aromatic nitrogens is 2. The van der Waals surface area contributed by atoms with E-state index in [1.807, 2.05) is 16.7 Å². The number of hydrogen-bond acceptors (Lipinski definition) is 4. The predicted molar refractivity (Wildman–Crippen MR) is 66.1 cm³/mol. The average molecular weight is 336 g/mol. The molecule has 0 aliphatic heterocycles. The summed E-state index contributed by atoms with van der Waals surface area (Å²) < 4.78 is 7.90. The van der Waals surface area contributed by atoms with Crippen LogP contribution in [0.1, 0.15) is 12.6 Å². The van der Waals surface area contributed by atoms with Gasteiger partial charge in [-0.25, -0.2) is 4.98 Å². The highest BCUT2D eigenvalue weighted by molar-refractivity contribution is 14.1. The molecule has 0 fully saturated rings. The molecule has 80 valence electrons. The zero-order valence-corrected chi connectivity index (χ0v) is 11.0. The van der Waals surface area contributed by atoms with E-state index in [0.717, 1.165) is 14.4 Å². The zero-order valence-electron chi connectivity index (χ0n) is 8.07. The van der Waals surface area contributed by atoms with Crippen molar-refractivity contribution in [1.29, 1.82) is 0 Å². The summed E-state index contributed by atoms with van der Waals surface area (Å²) in [7, 11) is 0. The van der Waals surface area contributed by atoms with Gasteiger partial charge >= 0.3 is 5.97 Å². The van der Waals surface area contributed by atoms with Crippen molar-refractivity contribution in [3.63, 3.8) is 0 Å². The van der Waals surface area contributed by atoms with Crippen LogP contribution in [0.2, 0.25) is 0 Å². The molecule has 2 heterocycles. The summed E-state index contributed by atoms with van der Waals surface area (Å²) in [6, 6.07) is 0. The van der Waals surface area contributed by atoms with E-state index < -0.39 is 0 Å². The van der Waals surface area contributed by atoms with Crippen LogP contribution in [0.5, 0.6) is 0 Å². The summed E-state index contributed by atoms with van der Waals surface area (Å²) in [5.41, 5.74) is 0.940. The van der Waals surface area contributed by atoms with Crippen molar-refractivity contribution in [3.8, 4) is 0 Å². The maximum absolute atomic E-state index is 11.3. The minimum atomic E-state index is -0.193. The van der Waals surface area contributed by atoms with Crippen molar-refractivity contribution in [2.75, 3.05) is 6.61 Å². The van der Waals surface area contributed by atoms with Crippen molar-refractivity contribution in [2.24, 2.45) is 0 Å². The fourth-order valence-electron chi connectivity index (χ4n) is 1.31. The van der Waals surface area contributed by atoms with E-state index in [1.165, 1.54) is 11.3 Å². The van der Waals surface area contributed by atoms with Gasteiger partial charge in [-0.05, 0) is 29.5 Å². The van der Waals surface area contributed by atoms with Gasteiger partial charge < -0.3 is 4.74 Å². The molecule has 0 saturated carbocycles. The fourth-order valence-corrected chi connectivity index (χ4v) is 3.02. The molecule has 0 aliphatic carbocycles. The Morgan fingerprint density at radius 1 is 1.73 bits per heavy atom. The van der Waals surface area contributed by atoms with Crippen LogP contribution in [-0.4, -0.2) is 22.0 Å². The van der Waals surface area contributed by atoms with E-state index in [4.69, 9.17) is 4.74 Å². The third-order valence-electron chi connectivity index (χ3n) is 1.90. The molecular formula is C9H9IN2O2S. The second-order valence-corrected chi connectivity index (χ2v) is 4.85. The lowest BCUT2D eigenvalue weighted by atomic mass is 10.3. The second kappa shape index (κ2) is 4.48. The van der Waals surface area contributed by atoms with Gasteiger partial charge in [0, 0.05) is 11.1 Å². The van der Waals surface area contributed by atoms with Gasteiger partial charge in [0.15, 0.2) is 4.96 Å². The Labute approximate surface area is 104 Å². The van der Waals surface area contributed by atoms with E-state index in [2.05, 4.69) is 27.6 Å². The number of carbonyl (C=O) groups is 1. The molecule has 0 saturated heterocycles. The fraction of sp³-hybridized carbons (Fsp3) is 0.333. The van der Waals surface area contributed by atoms with Gasteiger partial charge in [-0.2, -0.15) is 0 Å². The molecule has 6 heteroatoms. The maximum atomic E-state index is 11.3. The zero-order chi connectivity index (χ0) is 10.8. The Kier molecular flexibility index (Phi) is 3.25. The molecule has 15 heavy (non-hydrogen) atoms. The predicted octanol–water partition coefficient (Wildman–Crippen LogP) is 2.11. The Bertz CT molecular complexity index is 491. The summed E-state index contributed by atoms with van der Waals surface area (Å²) in [6.07, 6.45) is 2.10. The minimum absolute atomic E-state index is 0.193. The van der Waals surface area contributed by atoms with E-state index >= 15 is 0 Å². The molecular weight excluding hydrogens is 327 g/mol. The number of rotatable bonds is 3. The van der Waals surface area contributed by atoms with Crippen LogP contribution in [0.4, 0.5) is 0 Å². The summed E-state index contributed by atoms with van der Waals surface area (Å²) in [5, 5.41) is 1.95. The molecule has 2 aromatic rings. The standard InChI is InChI=1S/C9H9IN2O2S/c1-2-14-8(13)3-6-5-15-9-11-4-7(10)12(6)9/h4-5H,2-3H2,1H3. The number of esters is 1. The number of hydrogen-bond donors (Lipinski definition) is 0. The van der Waals surface area contributed by atoms with E-state index in [-0.39, 0.29) is 5.97 Å². The van der Waals surface area contributed by atoms with Crippen LogP contribution >= 0.6 is 33.9 Å². The molecule has 0 radical (unpaired) electrons. The van der Waals surface area contributed by atoms with Gasteiger partial charge in [0.2, 0.25) is 0 Å². The molecule has 2 aromatic heterocycles. The molecule has 0 aromatic carbocycles. The molecule has 0 atom stereocenters. The SMILES string of the molecule is CCOC(=O)Cc1csc2ncc(I)n12.